The molecule has 1 heterocycles. The van der Waals surface area contributed by atoms with Crippen LogP contribution in [0.3, 0.4) is 0 Å². The monoisotopic (exact) mass is 494 g/mol. The number of sulfonamides is 1. The zero-order valence-corrected chi connectivity index (χ0v) is 19.5. The van der Waals surface area contributed by atoms with Gasteiger partial charge in [0.05, 0.1) is 27.1 Å². The van der Waals surface area contributed by atoms with Gasteiger partial charge in [0.1, 0.15) is 0 Å². The van der Waals surface area contributed by atoms with Crippen LogP contribution in [0, 0.1) is 0 Å². The van der Waals surface area contributed by atoms with Gasteiger partial charge in [-0.1, -0.05) is 41.9 Å². The first-order valence-electron chi connectivity index (χ1n) is 9.79. The first-order valence-corrected chi connectivity index (χ1v) is 13.5. The molecule has 1 aliphatic rings. The Hall–Kier alpha value is -2.62. The van der Waals surface area contributed by atoms with Crippen molar-refractivity contribution in [3.05, 3.63) is 77.8 Å². The highest BCUT2D eigenvalue weighted by atomic mass is 35.5. The Morgan fingerprint density at radius 1 is 1.19 bits per heavy atom. The number of nitrogens with zero attached hydrogens (tertiary/aromatic N) is 1. The molecule has 1 amide bonds. The molecule has 1 aliphatic heterocycles. The molecule has 3 rings (SSSR count). The van der Waals surface area contributed by atoms with Crippen molar-refractivity contribution in [2.75, 3.05) is 22.8 Å². The molecule has 0 bridgehead atoms. The normalized spacial score (nSPS) is 17.8. The second kappa shape index (κ2) is 9.89. The average molecular weight is 495 g/mol. The van der Waals surface area contributed by atoms with Gasteiger partial charge in [0.15, 0.2) is 9.84 Å². The molecule has 1 unspecified atom stereocenters. The largest absolute Gasteiger partial charge is 0.331 e. The molecule has 1 fully saturated rings. The highest BCUT2D eigenvalue weighted by molar-refractivity contribution is 7.92. The molecule has 0 spiro atoms. The molecular weight excluding hydrogens is 472 g/mol. The zero-order valence-electron chi connectivity index (χ0n) is 17.1. The molecule has 2 aromatic rings. The number of amides is 1. The number of rotatable bonds is 8. The topological polar surface area (TPSA) is 101 Å². The number of halogens is 1. The highest BCUT2D eigenvalue weighted by Gasteiger charge is 2.33. The minimum absolute atomic E-state index is 0.0466. The van der Waals surface area contributed by atoms with Crippen molar-refractivity contribution in [3.8, 4) is 0 Å². The number of benzene rings is 2. The molecule has 0 saturated carbocycles. The lowest BCUT2D eigenvalue weighted by molar-refractivity contribution is -0.127. The van der Waals surface area contributed by atoms with E-state index in [4.69, 9.17) is 11.6 Å². The van der Waals surface area contributed by atoms with Crippen molar-refractivity contribution in [1.82, 2.24) is 4.90 Å². The molecule has 7 nitrogen and oxygen atoms in total. The second-order valence-corrected chi connectivity index (χ2v) is 11.6. The third-order valence-corrected chi connectivity index (χ3v) is 8.45. The predicted molar refractivity (Wildman–Crippen MR) is 127 cm³/mol. The predicted octanol–water partition coefficient (Wildman–Crippen LogP) is 3.36. The Morgan fingerprint density at radius 3 is 2.47 bits per heavy atom. The maximum atomic E-state index is 12.6. The van der Waals surface area contributed by atoms with Gasteiger partial charge in [-0.15, -0.1) is 6.58 Å². The van der Waals surface area contributed by atoms with Crippen molar-refractivity contribution in [3.63, 3.8) is 0 Å². The fourth-order valence-corrected chi connectivity index (χ4v) is 6.40. The molecule has 32 heavy (non-hydrogen) atoms. The molecule has 170 valence electrons. The summed E-state index contributed by atoms with van der Waals surface area (Å²) in [5, 5.41) is 0.285. The quantitative estimate of drug-likeness (QED) is 0.448. The summed E-state index contributed by atoms with van der Waals surface area (Å²) in [4.78, 5) is 14.2. The van der Waals surface area contributed by atoms with Crippen LogP contribution in [-0.2, 0) is 24.7 Å². The molecular formula is C22H23ClN2O5S2. The van der Waals surface area contributed by atoms with Crippen LogP contribution < -0.4 is 4.72 Å². The van der Waals surface area contributed by atoms with Crippen LogP contribution in [0.1, 0.15) is 12.0 Å². The van der Waals surface area contributed by atoms with Crippen molar-refractivity contribution in [2.45, 2.75) is 17.4 Å². The van der Waals surface area contributed by atoms with E-state index in [-0.39, 0.29) is 45.6 Å². The van der Waals surface area contributed by atoms with E-state index in [0.717, 1.165) is 0 Å². The number of nitrogens with one attached hydrogen (secondary N) is 1. The van der Waals surface area contributed by atoms with Crippen LogP contribution in [0.4, 0.5) is 5.69 Å². The van der Waals surface area contributed by atoms with Crippen LogP contribution >= 0.6 is 11.6 Å². The van der Waals surface area contributed by atoms with Gasteiger partial charge >= 0.3 is 0 Å². The number of anilines is 1. The van der Waals surface area contributed by atoms with E-state index < -0.39 is 19.9 Å². The van der Waals surface area contributed by atoms with Crippen LogP contribution in [-0.4, -0.2) is 51.7 Å². The van der Waals surface area contributed by atoms with E-state index >= 15 is 0 Å². The van der Waals surface area contributed by atoms with Gasteiger partial charge in [-0.3, -0.25) is 9.52 Å². The number of sulfone groups is 1. The summed E-state index contributed by atoms with van der Waals surface area (Å²) >= 11 is 6.01. The number of carbonyl (C=O) groups is 1. The smallest absolute Gasteiger partial charge is 0.261 e. The molecule has 1 atom stereocenters. The Morgan fingerprint density at radius 2 is 1.88 bits per heavy atom. The lowest BCUT2D eigenvalue weighted by Crippen LogP contribution is -2.40. The second-order valence-electron chi connectivity index (χ2n) is 7.32. The van der Waals surface area contributed by atoms with Gasteiger partial charge in [0.25, 0.3) is 10.0 Å². The van der Waals surface area contributed by atoms with Crippen LogP contribution in [0.25, 0.3) is 6.08 Å². The van der Waals surface area contributed by atoms with E-state index in [1.807, 2.05) is 0 Å². The van der Waals surface area contributed by atoms with Crippen molar-refractivity contribution < 1.29 is 21.6 Å². The third-order valence-electron chi connectivity index (χ3n) is 4.98. The molecule has 1 N–H and O–H groups in total. The van der Waals surface area contributed by atoms with Gasteiger partial charge in [-0.05, 0) is 42.3 Å². The van der Waals surface area contributed by atoms with E-state index in [9.17, 15) is 21.6 Å². The lowest BCUT2D eigenvalue weighted by Gasteiger charge is -2.25. The zero-order chi connectivity index (χ0) is 23.4. The van der Waals surface area contributed by atoms with Gasteiger partial charge in [-0.25, -0.2) is 16.8 Å². The molecule has 2 aromatic carbocycles. The van der Waals surface area contributed by atoms with Gasteiger partial charge in [-0.2, -0.15) is 0 Å². The average Bonchev–Trinajstić information content (AvgIpc) is 3.11. The van der Waals surface area contributed by atoms with E-state index in [2.05, 4.69) is 11.3 Å². The Balaban J connectivity index is 1.71. The van der Waals surface area contributed by atoms with E-state index in [1.54, 1.807) is 48.6 Å². The van der Waals surface area contributed by atoms with Gasteiger partial charge in [0, 0.05) is 18.7 Å². The minimum Gasteiger partial charge on any atom is -0.331 e. The SMILES string of the molecule is C=CCN(C(=O)/C=C/c1ccc(S(=O)(=O)Nc2ccccc2Cl)cc1)C1CCS(=O)(=O)C1. The summed E-state index contributed by atoms with van der Waals surface area (Å²) in [6.45, 7) is 3.88. The Kier molecular flexibility index (Phi) is 7.43. The summed E-state index contributed by atoms with van der Waals surface area (Å²) < 4.78 is 51.1. The standard InChI is InChI=1S/C22H23ClN2O5S2/c1-2-14-25(18-13-15-31(27,28)16-18)22(26)12-9-17-7-10-19(11-8-17)32(29,30)24-21-6-4-3-5-20(21)23/h2-12,18,24H,1,13-16H2/b12-9+. The van der Waals surface area contributed by atoms with Gasteiger partial charge < -0.3 is 4.90 Å². The number of carbonyl (C=O) groups excluding carboxylic acids is 1. The first kappa shape index (κ1) is 24.0. The minimum atomic E-state index is -3.83. The summed E-state index contributed by atoms with van der Waals surface area (Å²) in [6, 6.07) is 12.1. The molecule has 10 heteroatoms. The molecule has 1 saturated heterocycles. The number of para-hydroxylation sites is 1. The van der Waals surface area contributed by atoms with Crippen LogP contribution in [0.5, 0.6) is 0 Å². The highest BCUT2D eigenvalue weighted by Crippen LogP contribution is 2.24. The van der Waals surface area contributed by atoms with Crippen LogP contribution in [0.15, 0.2) is 72.2 Å². The fraction of sp³-hybridized carbons (Fsp3) is 0.227. The van der Waals surface area contributed by atoms with E-state index in [1.165, 1.54) is 23.1 Å². The third kappa shape index (κ3) is 5.99. The van der Waals surface area contributed by atoms with E-state index in [0.29, 0.717) is 12.0 Å². The maximum absolute atomic E-state index is 12.6. The van der Waals surface area contributed by atoms with Crippen molar-refractivity contribution in [1.29, 1.82) is 0 Å². The summed E-state index contributed by atoms with van der Waals surface area (Å²) in [5.41, 5.74) is 0.896. The maximum Gasteiger partial charge on any atom is 0.261 e. The molecule has 0 radical (unpaired) electrons. The Labute approximate surface area is 193 Å². The van der Waals surface area contributed by atoms with Crippen LogP contribution in [0.2, 0.25) is 5.02 Å². The van der Waals surface area contributed by atoms with Crippen molar-refractivity contribution >= 4 is 49.1 Å². The summed E-state index contributed by atoms with van der Waals surface area (Å²) in [6.07, 6.45) is 4.86. The number of hydrogen-bond donors (Lipinski definition) is 1. The van der Waals surface area contributed by atoms with Crippen molar-refractivity contribution in [2.24, 2.45) is 0 Å². The fourth-order valence-electron chi connectivity index (χ4n) is 3.35. The molecule has 0 aliphatic carbocycles. The number of hydrogen-bond acceptors (Lipinski definition) is 5. The summed E-state index contributed by atoms with van der Waals surface area (Å²) in [5.74, 6) is -0.310. The van der Waals surface area contributed by atoms with Gasteiger partial charge in [0.2, 0.25) is 5.91 Å². The first-order chi connectivity index (χ1) is 15.1. The lowest BCUT2D eigenvalue weighted by atomic mass is 10.2. The summed E-state index contributed by atoms with van der Waals surface area (Å²) in [7, 11) is -6.96. The molecule has 0 aromatic heterocycles. The Bertz CT molecular complexity index is 1240.